The van der Waals surface area contributed by atoms with Gasteiger partial charge in [0.2, 0.25) is 35.4 Å². The number of carbonyl (C=O) groups excluding carboxylic acids is 6. The zero-order chi connectivity index (χ0) is 49.2. The first-order valence-corrected chi connectivity index (χ1v) is 22.6. The molecule has 11 N–H and O–H groups in total. The molecule has 3 aromatic carbocycles. The van der Waals surface area contributed by atoms with E-state index in [0.29, 0.717) is 29.5 Å². The fourth-order valence-corrected chi connectivity index (χ4v) is 7.81. The number of carboxylic acid groups (broad SMARTS) is 2. The van der Waals surface area contributed by atoms with Gasteiger partial charge >= 0.3 is 11.9 Å². The summed E-state index contributed by atoms with van der Waals surface area (Å²) in [5.41, 5.74) is 8.66. The lowest BCUT2D eigenvalue weighted by Gasteiger charge is -2.31. The highest BCUT2D eigenvalue weighted by Crippen LogP contribution is 2.29. The summed E-state index contributed by atoms with van der Waals surface area (Å²) in [7, 11) is 0. The highest BCUT2D eigenvalue weighted by atomic mass is 16.4. The molecule has 0 saturated heterocycles. The van der Waals surface area contributed by atoms with E-state index in [1.54, 1.807) is 58.2 Å². The van der Waals surface area contributed by atoms with Crippen LogP contribution in [0.3, 0.4) is 0 Å². The van der Waals surface area contributed by atoms with Crippen LogP contribution in [0.15, 0.2) is 91.1 Å². The average Bonchev–Trinajstić information content (AvgIpc) is 3.72. The topological polar surface area (TPSA) is 291 Å². The number of H-pyrrole nitrogens is 1. The van der Waals surface area contributed by atoms with Crippen LogP contribution in [0, 0.1) is 11.8 Å². The van der Waals surface area contributed by atoms with Crippen molar-refractivity contribution >= 4 is 58.3 Å². The largest absolute Gasteiger partial charge is 0.481 e. The molecular formula is C49H64N8O10. The number of hydrogen-bond acceptors (Lipinski definition) is 9. The van der Waals surface area contributed by atoms with Crippen molar-refractivity contribution in [3.8, 4) is 0 Å². The van der Waals surface area contributed by atoms with Crippen LogP contribution in [0.1, 0.15) is 89.3 Å². The first-order chi connectivity index (χ1) is 32.0. The fraction of sp³-hybridized carbons (Fsp3) is 0.429. The molecular weight excluding hydrogens is 861 g/mol. The molecule has 0 radical (unpaired) electrons. The second-order valence-electron chi connectivity index (χ2n) is 16.8. The normalized spacial score (nSPS) is 14.8. The quantitative estimate of drug-likeness (QED) is 0.0437. The zero-order valence-corrected chi connectivity index (χ0v) is 38.5. The van der Waals surface area contributed by atoms with Gasteiger partial charge in [0.05, 0.1) is 6.42 Å². The molecule has 4 rings (SSSR count). The number of benzene rings is 3. The number of hydrogen-bond donors (Lipinski definition) is 10. The van der Waals surface area contributed by atoms with E-state index in [0.717, 1.165) is 10.9 Å². The number of para-hydroxylation sites is 1. The van der Waals surface area contributed by atoms with Gasteiger partial charge in [-0.2, -0.15) is 0 Å². The lowest BCUT2D eigenvalue weighted by molar-refractivity contribution is -0.142. The second-order valence-corrected chi connectivity index (χ2v) is 16.8. The molecule has 0 saturated carbocycles. The minimum atomic E-state index is -1.75. The van der Waals surface area contributed by atoms with Crippen molar-refractivity contribution in [3.63, 3.8) is 0 Å². The third kappa shape index (κ3) is 15.0. The van der Waals surface area contributed by atoms with Crippen molar-refractivity contribution in [1.29, 1.82) is 0 Å². The zero-order valence-electron chi connectivity index (χ0n) is 38.5. The van der Waals surface area contributed by atoms with Crippen LogP contribution in [0.2, 0.25) is 0 Å². The van der Waals surface area contributed by atoms with Crippen LogP contribution in [0.25, 0.3) is 10.9 Å². The third-order valence-corrected chi connectivity index (χ3v) is 11.9. The van der Waals surface area contributed by atoms with Crippen molar-refractivity contribution in [1.82, 2.24) is 36.9 Å². The average molecular weight is 925 g/mol. The van der Waals surface area contributed by atoms with E-state index >= 15 is 0 Å². The van der Waals surface area contributed by atoms with Crippen LogP contribution < -0.4 is 37.6 Å². The Bertz CT molecular complexity index is 2280. The van der Waals surface area contributed by atoms with E-state index in [4.69, 9.17) is 5.73 Å². The predicted molar refractivity (Wildman–Crippen MR) is 251 cm³/mol. The number of amides is 6. The molecule has 8 atom stereocenters. The summed E-state index contributed by atoms with van der Waals surface area (Å²) in [5, 5.41) is 36.6. The van der Waals surface area contributed by atoms with Crippen molar-refractivity contribution in [2.45, 2.75) is 115 Å². The SMILES string of the molecule is CC[C@H](C)[C@H](NC(=O)[C@H](CC(=O)O)NC(=O)[C@H](CCCN)NC(=O)[C@@H](NC(C)=O)C(c1ccccc1)c1ccccc1)C(=O)N[C@H](C(=O)N[C@@H](Cc1c[nH]c2ccccc12)C(=O)O)[C@@H](C)CC. The Labute approximate surface area is 390 Å². The summed E-state index contributed by atoms with van der Waals surface area (Å²) in [4.78, 5) is 111. The monoisotopic (exact) mass is 924 g/mol. The second kappa shape index (κ2) is 25.6. The van der Waals surface area contributed by atoms with E-state index in [-0.39, 0.29) is 25.8 Å². The molecule has 0 unspecified atom stereocenters. The number of aromatic amines is 1. The first kappa shape index (κ1) is 52.5. The Morgan fingerprint density at radius 3 is 1.60 bits per heavy atom. The number of aromatic nitrogens is 1. The molecule has 6 amide bonds. The van der Waals surface area contributed by atoms with Crippen molar-refractivity contribution in [2.75, 3.05) is 6.54 Å². The van der Waals surface area contributed by atoms with Crippen LogP contribution in [-0.4, -0.2) is 105 Å². The molecule has 0 fully saturated rings. The van der Waals surface area contributed by atoms with E-state index in [1.165, 1.54) is 6.92 Å². The molecule has 18 nitrogen and oxygen atoms in total. The Kier molecular flexibility index (Phi) is 20.1. The Morgan fingerprint density at radius 1 is 0.597 bits per heavy atom. The highest BCUT2D eigenvalue weighted by Gasteiger charge is 2.38. The van der Waals surface area contributed by atoms with E-state index in [2.05, 4.69) is 36.9 Å². The smallest absolute Gasteiger partial charge is 0.326 e. The van der Waals surface area contributed by atoms with Gasteiger partial charge in [-0.25, -0.2) is 4.79 Å². The number of fused-ring (bicyclic) bond motifs is 1. The summed E-state index contributed by atoms with van der Waals surface area (Å²) in [6.07, 6.45) is 1.67. The van der Waals surface area contributed by atoms with Gasteiger partial charge in [-0.3, -0.25) is 33.6 Å². The Balaban J connectivity index is 1.56. The third-order valence-electron chi connectivity index (χ3n) is 11.9. The van der Waals surface area contributed by atoms with Gasteiger partial charge in [0.1, 0.15) is 36.3 Å². The first-order valence-electron chi connectivity index (χ1n) is 22.6. The molecule has 0 spiro atoms. The summed E-state index contributed by atoms with van der Waals surface area (Å²) in [5.74, 6) is -9.27. The summed E-state index contributed by atoms with van der Waals surface area (Å²) < 4.78 is 0. The van der Waals surface area contributed by atoms with Gasteiger partial charge in [0, 0.05) is 36.4 Å². The van der Waals surface area contributed by atoms with E-state index in [9.17, 15) is 48.6 Å². The van der Waals surface area contributed by atoms with E-state index in [1.807, 2.05) is 60.7 Å². The minimum Gasteiger partial charge on any atom is -0.481 e. The molecule has 1 aromatic heterocycles. The van der Waals surface area contributed by atoms with Gasteiger partial charge in [0.25, 0.3) is 0 Å². The standard InChI is InChI=1S/C49H64N8O10/c1-6-28(3)41(46(63)55-38(49(66)67)25-33-27-51-35-22-15-14-21-34(33)35)57-47(64)42(29(4)7-2)56-45(62)37(26-39(59)60)54-44(61)36(23-16-24-50)53-48(65)43(52-30(5)58)40(31-17-10-8-11-18-31)32-19-12-9-13-20-32/h8-15,17-22,27-29,36-38,40-43,51H,6-7,16,23-26,50H2,1-5H3,(H,52,58)(H,53,65)(H,54,61)(H,55,63)(H,56,62)(H,57,64)(H,59,60)(H,66,67)/t28-,29-,36-,37-,38-,41-,42-,43-/m0/s1. The Morgan fingerprint density at radius 2 is 1.07 bits per heavy atom. The maximum atomic E-state index is 14.3. The molecule has 0 bridgehead atoms. The maximum Gasteiger partial charge on any atom is 0.326 e. The fourth-order valence-electron chi connectivity index (χ4n) is 7.81. The van der Waals surface area contributed by atoms with Gasteiger partial charge in [0.15, 0.2) is 0 Å². The van der Waals surface area contributed by atoms with Crippen molar-refractivity contribution in [3.05, 3.63) is 108 Å². The lowest BCUT2D eigenvalue weighted by Crippen LogP contribution is -2.61. The maximum absolute atomic E-state index is 14.3. The van der Waals surface area contributed by atoms with Crippen LogP contribution in [0.5, 0.6) is 0 Å². The molecule has 360 valence electrons. The number of nitrogens with two attached hydrogens (primary N) is 1. The van der Waals surface area contributed by atoms with Gasteiger partial charge < -0.3 is 52.8 Å². The number of rotatable bonds is 26. The van der Waals surface area contributed by atoms with Gasteiger partial charge in [-0.1, -0.05) is 119 Å². The van der Waals surface area contributed by atoms with Crippen molar-refractivity contribution in [2.24, 2.45) is 17.6 Å². The number of aliphatic carboxylic acids is 2. The molecule has 1 heterocycles. The van der Waals surface area contributed by atoms with Crippen LogP contribution >= 0.6 is 0 Å². The Hall–Kier alpha value is -7.08. The molecule has 18 heteroatoms. The molecule has 0 aliphatic carbocycles. The van der Waals surface area contributed by atoms with E-state index < -0.39 is 108 Å². The number of carboxylic acids is 2. The summed E-state index contributed by atoms with van der Waals surface area (Å²) in [6, 6.07) is 17.1. The molecule has 0 aliphatic rings. The lowest BCUT2D eigenvalue weighted by atomic mass is 9.84. The van der Waals surface area contributed by atoms with Gasteiger partial charge in [-0.05, 0) is 54.0 Å². The van der Waals surface area contributed by atoms with Crippen molar-refractivity contribution < 1.29 is 48.6 Å². The minimum absolute atomic E-state index is 0.0227. The molecule has 67 heavy (non-hydrogen) atoms. The highest BCUT2D eigenvalue weighted by molar-refractivity contribution is 5.98. The molecule has 4 aromatic rings. The summed E-state index contributed by atoms with van der Waals surface area (Å²) in [6.45, 7) is 8.30. The van der Waals surface area contributed by atoms with Crippen LogP contribution in [-0.2, 0) is 44.8 Å². The number of carbonyl (C=O) groups is 8. The van der Waals surface area contributed by atoms with Gasteiger partial charge in [-0.15, -0.1) is 0 Å². The van der Waals surface area contributed by atoms with Crippen LogP contribution in [0.4, 0.5) is 0 Å². The predicted octanol–water partition coefficient (Wildman–Crippen LogP) is 2.86. The molecule has 0 aliphatic heterocycles. The number of nitrogens with one attached hydrogen (secondary N) is 7. The summed E-state index contributed by atoms with van der Waals surface area (Å²) >= 11 is 0.